The van der Waals surface area contributed by atoms with Crippen LogP contribution in [0.2, 0.25) is 0 Å². The van der Waals surface area contributed by atoms with Gasteiger partial charge in [0, 0.05) is 43.8 Å². The number of aromatic nitrogens is 1. The molecule has 2 fully saturated rings. The number of rotatable bonds is 6. The number of likely N-dealkylation sites (tertiary alicyclic amines) is 2. The summed E-state index contributed by atoms with van der Waals surface area (Å²) in [6.45, 7) is 3.36. The van der Waals surface area contributed by atoms with Gasteiger partial charge in [0.15, 0.2) is 18.2 Å². The standard InChI is InChI=1S/C21H26FN3O3S/c22-18-3-1-2-4-19(18)27-15-20(26)25-10-5-16(6-11-25)24-12-7-17(8-13-24)28-21-23-9-14-29-21/h1-4,9,14,16-17H,5-8,10-13,15H2. The number of benzene rings is 1. The van der Waals surface area contributed by atoms with E-state index in [-0.39, 0.29) is 24.4 Å². The van der Waals surface area contributed by atoms with Crippen LogP contribution in [0, 0.1) is 5.82 Å². The van der Waals surface area contributed by atoms with Gasteiger partial charge >= 0.3 is 0 Å². The number of para-hydroxylation sites is 1. The van der Waals surface area contributed by atoms with E-state index < -0.39 is 5.82 Å². The van der Waals surface area contributed by atoms with Crippen molar-refractivity contribution in [2.24, 2.45) is 0 Å². The first-order valence-electron chi connectivity index (χ1n) is 10.1. The number of piperidine rings is 2. The fraction of sp³-hybridized carbons (Fsp3) is 0.524. The van der Waals surface area contributed by atoms with Crippen LogP contribution in [0.1, 0.15) is 25.7 Å². The highest BCUT2D eigenvalue weighted by Gasteiger charge is 2.30. The zero-order valence-electron chi connectivity index (χ0n) is 16.3. The number of thiazole rings is 1. The molecule has 8 heteroatoms. The minimum atomic E-state index is -0.443. The Hall–Kier alpha value is -2.19. The third-order valence-corrected chi connectivity index (χ3v) is 6.34. The monoisotopic (exact) mass is 419 g/mol. The Bertz CT molecular complexity index is 788. The summed E-state index contributed by atoms with van der Waals surface area (Å²) < 4.78 is 24.9. The van der Waals surface area contributed by atoms with Crippen molar-refractivity contribution in [1.29, 1.82) is 0 Å². The molecule has 0 spiro atoms. The van der Waals surface area contributed by atoms with Crippen LogP contribution < -0.4 is 9.47 Å². The average Bonchev–Trinajstić information content (AvgIpc) is 3.27. The van der Waals surface area contributed by atoms with E-state index in [1.807, 2.05) is 10.3 Å². The number of halogens is 1. The van der Waals surface area contributed by atoms with Gasteiger partial charge in [-0.25, -0.2) is 9.37 Å². The third-order valence-electron chi connectivity index (χ3n) is 5.68. The highest BCUT2D eigenvalue weighted by molar-refractivity contribution is 7.11. The van der Waals surface area contributed by atoms with Gasteiger partial charge in [0.25, 0.3) is 11.1 Å². The lowest BCUT2D eigenvalue weighted by atomic mass is 9.99. The molecule has 0 unspecified atom stereocenters. The Balaban J connectivity index is 1.18. The van der Waals surface area contributed by atoms with Crippen LogP contribution in [-0.2, 0) is 4.79 Å². The van der Waals surface area contributed by atoms with Crippen LogP contribution in [0.15, 0.2) is 35.8 Å². The van der Waals surface area contributed by atoms with Crippen molar-refractivity contribution in [2.45, 2.75) is 37.8 Å². The zero-order chi connectivity index (χ0) is 20.1. The van der Waals surface area contributed by atoms with E-state index in [2.05, 4.69) is 9.88 Å². The zero-order valence-corrected chi connectivity index (χ0v) is 17.2. The molecule has 1 amide bonds. The average molecular weight is 420 g/mol. The molecule has 2 aromatic rings. The molecule has 2 aliphatic heterocycles. The molecule has 0 aliphatic carbocycles. The molecule has 0 bridgehead atoms. The number of ether oxygens (including phenoxy) is 2. The van der Waals surface area contributed by atoms with Crippen molar-refractivity contribution >= 4 is 17.2 Å². The molecule has 4 rings (SSSR count). The third kappa shape index (κ3) is 5.25. The summed E-state index contributed by atoms with van der Waals surface area (Å²) in [6, 6.07) is 6.67. The first kappa shape index (κ1) is 20.1. The van der Waals surface area contributed by atoms with Crippen LogP contribution in [0.5, 0.6) is 10.9 Å². The lowest BCUT2D eigenvalue weighted by Gasteiger charge is -2.41. The summed E-state index contributed by atoms with van der Waals surface area (Å²) in [5.41, 5.74) is 0. The number of carbonyl (C=O) groups excluding carboxylic acids is 1. The fourth-order valence-corrected chi connectivity index (χ4v) is 4.59. The maximum Gasteiger partial charge on any atom is 0.273 e. The Morgan fingerprint density at radius 3 is 2.59 bits per heavy atom. The summed E-state index contributed by atoms with van der Waals surface area (Å²) in [4.78, 5) is 21.0. The maximum absolute atomic E-state index is 13.6. The first-order valence-corrected chi connectivity index (χ1v) is 11.0. The Kier molecular flexibility index (Phi) is 6.61. The Morgan fingerprint density at radius 1 is 1.14 bits per heavy atom. The number of amides is 1. The number of hydrogen-bond donors (Lipinski definition) is 0. The molecule has 6 nitrogen and oxygen atoms in total. The number of carbonyl (C=O) groups is 1. The van der Waals surface area contributed by atoms with E-state index in [0.29, 0.717) is 6.04 Å². The van der Waals surface area contributed by atoms with Gasteiger partial charge in [-0.15, -0.1) is 0 Å². The number of nitrogens with zero attached hydrogens (tertiary/aromatic N) is 3. The second-order valence-corrected chi connectivity index (χ2v) is 8.34. The lowest BCUT2D eigenvalue weighted by Crippen LogP contribution is -2.50. The van der Waals surface area contributed by atoms with Gasteiger partial charge in [0.2, 0.25) is 0 Å². The maximum atomic E-state index is 13.6. The van der Waals surface area contributed by atoms with E-state index in [0.717, 1.165) is 57.1 Å². The van der Waals surface area contributed by atoms with Crippen LogP contribution in [0.25, 0.3) is 0 Å². The van der Waals surface area contributed by atoms with Crippen LogP contribution in [-0.4, -0.2) is 65.6 Å². The van der Waals surface area contributed by atoms with E-state index in [4.69, 9.17) is 9.47 Å². The highest BCUT2D eigenvalue weighted by Crippen LogP contribution is 2.25. The molecule has 1 aromatic carbocycles. The van der Waals surface area contributed by atoms with Crippen molar-refractivity contribution < 1.29 is 18.7 Å². The number of hydrogen-bond acceptors (Lipinski definition) is 6. The molecule has 2 saturated heterocycles. The fourth-order valence-electron chi connectivity index (χ4n) is 4.04. The van der Waals surface area contributed by atoms with Crippen LogP contribution in [0.3, 0.4) is 0 Å². The van der Waals surface area contributed by atoms with Crippen molar-refractivity contribution in [3.05, 3.63) is 41.7 Å². The topological polar surface area (TPSA) is 54.9 Å². The van der Waals surface area contributed by atoms with Crippen molar-refractivity contribution in [2.75, 3.05) is 32.8 Å². The van der Waals surface area contributed by atoms with Crippen LogP contribution >= 0.6 is 11.3 Å². The minimum Gasteiger partial charge on any atom is -0.481 e. The highest BCUT2D eigenvalue weighted by atomic mass is 32.1. The molecule has 156 valence electrons. The van der Waals surface area contributed by atoms with Crippen molar-refractivity contribution in [3.63, 3.8) is 0 Å². The van der Waals surface area contributed by atoms with Crippen molar-refractivity contribution in [1.82, 2.24) is 14.8 Å². The second kappa shape index (κ2) is 9.54. The minimum absolute atomic E-state index is 0.0812. The smallest absolute Gasteiger partial charge is 0.273 e. The SMILES string of the molecule is O=C(COc1ccccc1F)N1CCC(N2CCC(Oc3nccs3)CC2)CC1. The Morgan fingerprint density at radius 2 is 1.90 bits per heavy atom. The lowest BCUT2D eigenvalue weighted by molar-refractivity contribution is -0.135. The Labute approximate surface area is 174 Å². The van der Waals surface area contributed by atoms with Crippen molar-refractivity contribution in [3.8, 4) is 10.9 Å². The summed E-state index contributed by atoms with van der Waals surface area (Å²) in [6.07, 6.45) is 5.96. The van der Waals surface area contributed by atoms with Gasteiger partial charge in [-0.1, -0.05) is 23.5 Å². The molecule has 0 radical (unpaired) electrons. The van der Waals surface area contributed by atoms with Gasteiger partial charge in [0.1, 0.15) is 6.10 Å². The summed E-state index contributed by atoms with van der Waals surface area (Å²) in [7, 11) is 0. The van der Waals surface area contributed by atoms with Gasteiger partial charge in [0.05, 0.1) is 0 Å². The van der Waals surface area contributed by atoms with E-state index in [1.54, 1.807) is 18.3 Å². The van der Waals surface area contributed by atoms with Gasteiger partial charge in [-0.05, 0) is 37.8 Å². The molecule has 3 heterocycles. The molecular weight excluding hydrogens is 393 g/mol. The normalized spacial score (nSPS) is 19.3. The predicted octanol–water partition coefficient (Wildman–Crippen LogP) is 3.20. The molecular formula is C21H26FN3O3S. The van der Waals surface area contributed by atoms with Gasteiger partial charge in [-0.3, -0.25) is 9.69 Å². The molecule has 0 saturated carbocycles. The van der Waals surface area contributed by atoms with E-state index in [9.17, 15) is 9.18 Å². The van der Waals surface area contributed by atoms with E-state index >= 15 is 0 Å². The first-order chi connectivity index (χ1) is 14.2. The largest absolute Gasteiger partial charge is 0.481 e. The molecule has 0 N–H and O–H groups in total. The molecule has 1 aromatic heterocycles. The molecule has 2 aliphatic rings. The summed E-state index contributed by atoms with van der Waals surface area (Å²) in [5, 5.41) is 2.69. The summed E-state index contributed by atoms with van der Waals surface area (Å²) >= 11 is 1.54. The molecule has 29 heavy (non-hydrogen) atoms. The van der Waals surface area contributed by atoms with Crippen LogP contribution in [0.4, 0.5) is 4.39 Å². The van der Waals surface area contributed by atoms with E-state index in [1.165, 1.54) is 23.5 Å². The summed E-state index contributed by atoms with van der Waals surface area (Å²) in [5.74, 6) is -0.401. The second-order valence-electron chi connectivity index (χ2n) is 7.48. The predicted molar refractivity (Wildman–Crippen MR) is 109 cm³/mol. The quantitative estimate of drug-likeness (QED) is 0.720. The van der Waals surface area contributed by atoms with Gasteiger partial charge < -0.3 is 14.4 Å². The molecule has 0 atom stereocenters. The van der Waals surface area contributed by atoms with Gasteiger partial charge in [-0.2, -0.15) is 0 Å².